The Morgan fingerprint density at radius 1 is 1.15 bits per heavy atom. The molecule has 1 aliphatic heterocycles. The maximum absolute atomic E-state index is 12.5. The lowest BCUT2D eigenvalue weighted by Gasteiger charge is -2.19. The van der Waals surface area contributed by atoms with Gasteiger partial charge in [-0.15, -0.1) is 5.10 Å². The largest absolute Gasteiger partial charge is 0.490 e. The number of aliphatic hydroxyl groups is 1. The summed E-state index contributed by atoms with van der Waals surface area (Å²) in [5.41, 5.74) is -2.19. The van der Waals surface area contributed by atoms with Crippen LogP contribution in [0, 0.1) is 5.92 Å². The van der Waals surface area contributed by atoms with Crippen molar-refractivity contribution < 1.29 is 66.2 Å². The van der Waals surface area contributed by atoms with E-state index in [2.05, 4.69) is 23.5 Å². The number of nitrogens with zero attached hydrogens (tertiary/aromatic N) is 4. The third kappa shape index (κ3) is 8.10. The molecule has 0 bridgehead atoms. The Bertz CT molecular complexity index is 1510. The summed E-state index contributed by atoms with van der Waals surface area (Å²) >= 11 is 0. The van der Waals surface area contributed by atoms with Crippen LogP contribution in [0.1, 0.15) is 32.5 Å². The summed E-state index contributed by atoms with van der Waals surface area (Å²) in [7, 11) is -16.9. The fourth-order valence-corrected chi connectivity index (χ4v) is 6.66. The normalized spacial score (nSPS) is 23.6. The summed E-state index contributed by atoms with van der Waals surface area (Å²) in [4.78, 5) is 74.4. The number of carboxylic acids is 1. The second kappa shape index (κ2) is 11.8. The van der Waals surface area contributed by atoms with E-state index >= 15 is 0 Å². The van der Waals surface area contributed by atoms with Crippen molar-refractivity contribution in [3.63, 3.8) is 0 Å². The maximum Gasteiger partial charge on any atom is 0.490 e. The Hall–Kier alpha value is -2.38. The molecule has 2 aromatic heterocycles. The lowest BCUT2D eigenvalue weighted by atomic mass is 10.1. The number of aromatic nitrogens is 5. The smallest absolute Gasteiger partial charge is 0.480 e. The van der Waals surface area contributed by atoms with E-state index in [0.29, 0.717) is 0 Å². The number of rotatable bonds is 12. The van der Waals surface area contributed by atoms with Gasteiger partial charge in [0.1, 0.15) is 18.0 Å². The molecule has 2 aromatic rings. The molecule has 40 heavy (non-hydrogen) atoms. The quantitative estimate of drug-likeness (QED) is 0.138. The van der Waals surface area contributed by atoms with Gasteiger partial charge >= 0.3 is 35.1 Å². The average Bonchev–Trinajstić information content (AvgIpc) is 3.36. The topological polar surface area (TPSA) is 312 Å². The Kier molecular flexibility index (Phi) is 9.52. The van der Waals surface area contributed by atoms with Crippen molar-refractivity contribution in [2.24, 2.45) is 5.92 Å². The SMILES string of the molecule is CC(C)C(C(=O)O)n1cc(-c2cn([C@H]3C[C@H](O)[C@@H](COP(=O)(O)OP(=O)(O)OP(=O)(O)O)O3)c(=O)[nH]c2=O)nn1. The molecular weight excluding hydrogens is 611 g/mol. The minimum absolute atomic E-state index is 0.0929. The Morgan fingerprint density at radius 2 is 1.80 bits per heavy atom. The zero-order chi connectivity index (χ0) is 30.2. The molecule has 3 unspecified atom stereocenters. The number of hydrogen-bond acceptors (Lipinski definition) is 13. The lowest BCUT2D eigenvalue weighted by Crippen LogP contribution is -2.33. The van der Waals surface area contributed by atoms with Crippen LogP contribution in [0.3, 0.4) is 0 Å². The van der Waals surface area contributed by atoms with Crippen LogP contribution in [0.4, 0.5) is 0 Å². The van der Waals surface area contributed by atoms with Crippen LogP contribution in [0.2, 0.25) is 0 Å². The van der Waals surface area contributed by atoms with Gasteiger partial charge in [-0.25, -0.2) is 28.0 Å². The molecular formula is C16H24N5O16P3. The molecule has 0 radical (unpaired) electrons. The van der Waals surface area contributed by atoms with Crippen molar-refractivity contribution in [3.05, 3.63) is 33.2 Å². The van der Waals surface area contributed by atoms with E-state index in [-0.39, 0.29) is 17.7 Å². The monoisotopic (exact) mass is 635 g/mol. The Morgan fingerprint density at radius 3 is 2.38 bits per heavy atom. The molecule has 0 aliphatic carbocycles. The van der Waals surface area contributed by atoms with E-state index in [4.69, 9.17) is 14.5 Å². The number of nitrogens with one attached hydrogen (secondary N) is 1. The first-order valence-electron chi connectivity index (χ1n) is 10.9. The maximum atomic E-state index is 12.5. The lowest BCUT2D eigenvalue weighted by molar-refractivity contribution is -0.142. The van der Waals surface area contributed by atoms with E-state index in [1.54, 1.807) is 13.8 Å². The predicted molar refractivity (Wildman–Crippen MR) is 126 cm³/mol. The first-order chi connectivity index (χ1) is 18.3. The number of carboxylic acid groups (broad SMARTS) is 1. The molecule has 3 rings (SSSR count). The highest BCUT2D eigenvalue weighted by atomic mass is 31.3. The highest BCUT2D eigenvalue weighted by molar-refractivity contribution is 7.66. The van der Waals surface area contributed by atoms with E-state index < -0.39 is 77.7 Å². The molecule has 24 heteroatoms. The number of H-pyrrole nitrogens is 1. The summed E-state index contributed by atoms with van der Waals surface area (Å²) in [5.74, 6) is -1.59. The van der Waals surface area contributed by atoms with Gasteiger partial charge in [0.05, 0.1) is 24.5 Å². The summed E-state index contributed by atoms with van der Waals surface area (Å²) in [6.07, 6.45) is -2.30. The molecule has 7 N–H and O–H groups in total. The molecule has 3 heterocycles. The molecule has 6 atom stereocenters. The second-order valence-electron chi connectivity index (χ2n) is 8.64. The highest BCUT2D eigenvalue weighted by Gasteiger charge is 2.43. The van der Waals surface area contributed by atoms with Crippen LogP contribution in [0.15, 0.2) is 22.0 Å². The van der Waals surface area contributed by atoms with E-state index in [0.717, 1.165) is 15.4 Å². The third-order valence-corrected chi connectivity index (χ3v) is 9.06. The van der Waals surface area contributed by atoms with E-state index in [9.17, 15) is 48.1 Å². The van der Waals surface area contributed by atoms with Gasteiger partial charge < -0.3 is 34.5 Å². The van der Waals surface area contributed by atoms with Crippen molar-refractivity contribution >= 4 is 29.4 Å². The van der Waals surface area contributed by atoms with Crippen LogP contribution < -0.4 is 11.2 Å². The second-order valence-corrected chi connectivity index (χ2v) is 13.1. The minimum atomic E-state index is -5.76. The molecule has 0 amide bonds. The van der Waals surface area contributed by atoms with Gasteiger partial charge in [0.15, 0.2) is 6.04 Å². The number of aliphatic hydroxyl groups excluding tert-OH is 1. The fourth-order valence-electron chi connectivity index (χ4n) is 3.63. The summed E-state index contributed by atoms with van der Waals surface area (Å²) < 4.78 is 53.0. The molecule has 0 aromatic carbocycles. The number of carbonyl (C=O) groups is 1. The van der Waals surface area contributed by atoms with Crippen LogP contribution >= 0.6 is 23.5 Å². The number of aliphatic carboxylic acids is 1. The number of aromatic amines is 1. The zero-order valence-corrected chi connectivity index (χ0v) is 23.0. The van der Waals surface area contributed by atoms with Crippen LogP contribution in [-0.4, -0.2) is 79.1 Å². The molecule has 21 nitrogen and oxygen atoms in total. The van der Waals surface area contributed by atoms with Gasteiger partial charge in [0.2, 0.25) is 0 Å². The van der Waals surface area contributed by atoms with Crippen LogP contribution in [0.25, 0.3) is 11.3 Å². The minimum Gasteiger partial charge on any atom is -0.480 e. The molecule has 0 saturated carbocycles. The highest BCUT2D eigenvalue weighted by Crippen LogP contribution is 2.66. The Balaban J connectivity index is 1.77. The molecule has 224 valence electrons. The molecule has 1 fully saturated rings. The van der Waals surface area contributed by atoms with E-state index in [1.165, 1.54) is 6.20 Å². The van der Waals surface area contributed by atoms with Gasteiger partial charge in [-0.05, 0) is 5.92 Å². The van der Waals surface area contributed by atoms with Gasteiger partial charge in [0.25, 0.3) is 5.56 Å². The Labute approximate surface area is 222 Å². The van der Waals surface area contributed by atoms with Crippen molar-refractivity contribution in [2.45, 2.75) is 44.7 Å². The predicted octanol–water partition coefficient (Wildman–Crippen LogP) is -0.931. The van der Waals surface area contributed by atoms with Crippen LogP contribution in [0.5, 0.6) is 0 Å². The number of phosphoric acid groups is 3. The van der Waals surface area contributed by atoms with Crippen molar-refractivity contribution in [3.8, 4) is 11.3 Å². The van der Waals surface area contributed by atoms with Crippen LogP contribution in [-0.2, 0) is 36.4 Å². The fraction of sp³-hybridized carbons (Fsp3) is 0.562. The molecule has 1 saturated heterocycles. The van der Waals surface area contributed by atoms with Crippen molar-refractivity contribution in [1.82, 2.24) is 24.5 Å². The molecule has 0 spiro atoms. The van der Waals surface area contributed by atoms with Gasteiger partial charge in [-0.2, -0.15) is 8.62 Å². The number of phosphoric ester groups is 1. The summed E-state index contributed by atoms with van der Waals surface area (Å²) in [6, 6.07) is -1.10. The summed E-state index contributed by atoms with van der Waals surface area (Å²) in [6.45, 7) is 2.29. The van der Waals surface area contributed by atoms with Gasteiger partial charge in [-0.1, -0.05) is 19.1 Å². The third-order valence-electron chi connectivity index (χ3n) is 5.26. The van der Waals surface area contributed by atoms with Crippen molar-refractivity contribution in [1.29, 1.82) is 0 Å². The number of ether oxygens (including phenoxy) is 1. The summed E-state index contributed by atoms with van der Waals surface area (Å²) in [5, 5.41) is 27.3. The molecule has 1 aliphatic rings. The first kappa shape index (κ1) is 32.1. The van der Waals surface area contributed by atoms with E-state index in [1.807, 2.05) is 4.98 Å². The van der Waals surface area contributed by atoms with Gasteiger partial charge in [0, 0.05) is 12.6 Å². The first-order valence-corrected chi connectivity index (χ1v) is 15.4. The average molecular weight is 635 g/mol. The van der Waals surface area contributed by atoms with Crippen molar-refractivity contribution in [2.75, 3.05) is 6.61 Å². The van der Waals surface area contributed by atoms with Gasteiger partial charge in [-0.3, -0.25) is 18.9 Å². The number of hydrogen-bond donors (Lipinski definition) is 7. The zero-order valence-electron chi connectivity index (χ0n) is 20.4. The standard InChI is InChI=1S/C16H24N5O16P3/c1-7(2)13(15(24)25)21-5-9(18-19-21)8-4-20(16(26)17-14(8)23)12-3-10(22)11(35-12)6-34-39(30,31)37-40(32,33)36-38(27,28)29/h4-5,7,10-13,22H,3,6H2,1-2H3,(H,24,25)(H,30,31)(H,32,33)(H,17,23,26)(H2,27,28,29)/t10-,11+,12+,13?/m0/s1.